The van der Waals surface area contributed by atoms with Crippen LogP contribution in [-0.2, 0) is 0 Å². The molecule has 0 unspecified atom stereocenters. The fourth-order valence-electron chi connectivity index (χ4n) is 2.08. The summed E-state index contributed by atoms with van der Waals surface area (Å²) in [6.45, 7) is 3.65. The van der Waals surface area contributed by atoms with E-state index in [1.165, 1.54) is 0 Å². The summed E-state index contributed by atoms with van der Waals surface area (Å²) in [6, 6.07) is 5.68. The number of benzene rings is 1. The van der Waals surface area contributed by atoms with Gasteiger partial charge >= 0.3 is 0 Å². The fourth-order valence-corrected chi connectivity index (χ4v) is 3.30. The summed E-state index contributed by atoms with van der Waals surface area (Å²) in [4.78, 5) is 16.7. The zero-order chi connectivity index (χ0) is 13.1. The zero-order valence-electron chi connectivity index (χ0n) is 10.3. The molecule has 1 aromatic rings. The number of halogens is 2. The van der Waals surface area contributed by atoms with Crippen LogP contribution < -0.4 is 0 Å². The molecule has 3 nitrogen and oxygen atoms in total. The average Bonchev–Trinajstić information content (AvgIpc) is 2.53. The lowest BCUT2D eigenvalue weighted by Crippen LogP contribution is -2.34. The Kier molecular flexibility index (Phi) is 4.81. The molecule has 1 heterocycles. The molecular weight excluding hydrogens is 360 g/mol. The van der Waals surface area contributed by atoms with Crippen LogP contribution in [0.15, 0.2) is 27.1 Å². The Morgan fingerprint density at radius 2 is 1.94 bits per heavy atom. The summed E-state index contributed by atoms with van der Waals surface area (Å²) in [5.74, 6) is 0.115. The van der Waals surface area contributed by atoms with Crippen LogP contribution in [0.1, 0.15) is 16.8 Å². The van der Waals surface area contributed by atoms with E-state index < -0.39 is 0 Å². The summed E-state index contributed by atoms with van der Waals surface area (Å²) >= 11 is 6.86. The van der Waals surface area contributed by atoms with Crippen molar-refractivity contribution in [1.29, 1.82) is 0 Å². The molecule has 0 aliphatic carbocycles. The third-order valence-corrected chi connectivity index (χ3v) is 4.32. The highest BCUT2D eigenvalue weighted by Gasteiger charge is 2.20. The summed E-state index contributed by atoms with van der Waals surface area (Å²) < 4.78 is 1.82. The number of hydrogen-bond acceptors (Lipinski definition) is 2. The van der Waals surface area contributed by atoms with Gasteiger partial charge in [-0.05, 0) is 54.1 Å². The van der Waals surface area contributed by atoms with Gasteiger partial charge in [0.1, 0.15) is 0 Å². The van der Waals surface area contributed by atoms with Crippen LogP contribution in [0.4, 0.5) is 0 Å². The predicted molar refractivity (Wildman–Crippen MR) is 79.9 cm³/mol. The molecule has 1 amide bonds. The van der Waals surface area contributed by atoms with Crippen molar-refractivity contribution in [3.05, 3.63) is 32.7 Å². The van der Waals surface area contributed by atoms with Gasteiger partial charge in [0.2, 0.25) is 0 Å². The highest BCUT2D eigenvalue weighted by molar-refractivity contribution is 9.11. The Hall–Kier alpha value is -0.390. The van der Waals surface area contributed by atoms with Gasteiger partial charge in [-0.2, -0.15) is 0 Å². The molecule has 0 aromatic heterocycles. The maximum atomic E-state index is 12.5. The number of amides is 1. The predicted octanol–water partition coefficient (Wildman–Crippen LogP) is 2.99. The SMILES string of the molecule is CN1CCCN(C(=O)c2ccc(Br)cc2Br)CC1. The van der Waals surface area contributed by atoms with Crippen molar-refractivity contribution in [2.45, 2.75) is 6.42 Å². The van der Waals surface area contributed by atoms with E-state index in [1.807, 2.05) is 23.1 Å². The molecule has 5 heteroatoms. The van der Waals surface area contributed by atoms with Crippen molar-refractivity contribution < 1.29 is 4.79 Å². The van der Waals surface area contributed by atoms with Gasteiger partial charge in [-0.15, -0.1) is 0 Å². The topological polar surface area (TPSA) is 23.6 Å². The van der Waals surface area contributed by atoms with Crippen LogP contribution in [0.5, 0.6) is 0 Å². The van der Waals surface area contributed by atoms with E-state index in [1.54, 1.807) is 0 Å². The number of hydrogen-bond donors (Lipinski definition) is 0. The molecule has 1 aliphatic rings. The quantitative estimate of drug-likeness (QED) is 0.753. The van der Waals surface area contributed by atoms with Crippen molar-refractivity contribution in [3.63, 3.8) is 0 Å². The number of rotatable bonds is 1. The normalized spacial score (nSPS) is 17.6. The summed E-state index contributed by atoms with van der Waals surface area (Å²) in [5.41, 5.74) is 0.739. The van der Waals surface area contributed by atoms with E-state index in [2.05, 4.69) is 43.8 Å². The number of nitrogens with zero attached hydrogens (tertiary/aromatic N) is 2. The molecular formula is C13H16Br2N2O. The van der Waals surface area contributed by atoms with Gasteiger partial charge < -0.3 is 9.80 Å². The van der Waals surface area contributed by atoms with E-state index in [0.29, 0.717) is 0 Å². The largest absolute Gasteiger partial charge is 0.337 e. The fraction of sp³-hybridized carbons (Fsp3) is 0.462. The lowest BCUT2D eigenvalue weighted by atomic mass is 10.2. The van der Waals surface area contributed by atoms with Crippen LogP contribution in [0.2, 0.25) is 0 Å². The lowest BCUT2D eigenvalue weighted by molar-refractivity contribution is 0.0762. The maximum Gasteiger partial charge on any atom is 0.255 e. The lowest BCUT2D eigenvalue weighted by Gasteiger charge is -2.21. The van der Waals surface area contributed by atoms with Gasteiger partial charge in [0, 0.05) is 28.6 Å². The summed E-state index contributed by atoms with van der Waals surface area (Å²) in [6.07, 6.45) is 1.04. The minimum Gasteiger partial charge on any atom is -0.337 e. The zero-order valence-corrected chi connectivity index (χ0v) is 13.5. The smallest absolute Gasteiger partial charge is 0.255 e. The van der Waals surface area contributed by atoms with E-state index >= 15 is 0 Å². The summed E-state index contributed by atoms with van der Waals surface area (Å²) in [7, 11) is 2.10. The van der Waals surface area contributed by atoms with Crippen molar-refractivity contribution in [2.75, 3.05) is 33.2 Å². The summed E-state index contributed by atoms with van der Waals surface area (Å²) in [5, 5.41) is 0. The van der Waals surface area contributed by atoms with Gasteiger partial charge in [0.05, 0.1) is 5.56 Å². The molecule has 1 fully saturated rings. The van der Waals surface area contributed by atoms with Crippen LogP contribution in [0.25, 0.3) is 0 Å². The van der Waals surface area contributed by atoms with Gasteiger partial charge in [-0.1, -0.05) is 15.9 Å². The molecule has 1 aliphatic heterocycles. The Morgan fingerprint density at radius 1 is 1.17 bits per heavy atom. The number of carbonyl (C=O) groups is 1. The molecule has 0 atom stereocenters. The minimum atomic E-state index is 0.115. The Balaban J connectivity index is 2.15. The van der Waals surface area contributed by atoms with E-state index in [4.69, 9.17) is 0 Å². The van der Waals surface area contributed by atoms with Crippen LogP contribution >= 0.6 is 31.9 Å². The molecule has 1 aromatic carbocycles. The standard InChI is InChI=1S/C13H16Br2N2O/c1-16-5-2-6-17(8-7-16)13(18)11-4-3-10(14)9-12(11)15/h3-4,9H,2,5-8H2,1H3. The first kappa shape index (κ1) is 14.0. The highest BCUT2D eigenvalue weighted by Crippen LogP contribution is 2.23. The van der Waals surface area contributed by atoms with Crippen molar-refractivity contribution in [3.8, 4) is 0 Å². The van der Waals surface area contributed by atoms with Crippen molar-refractivity contribution in [1.82, 2.24) is 9.80 Å². The van der Waals surface area contributed by atoms with Crippen molar-refractivity contribution in [2.24, 2.45) is 0 Å². The first-order valence-electron chi connectivity index (χ1n) is 6.01. The second-order valence-electron chi connectivity index (χ2n) is 4.57. The van der Waals surface area contributed by atoms with Crippen molar-refractivity contribution >= 4 is 37.8 Å². The molecule has 98 valence electrons. The van der Waals surface area contributed by atoms with E-state index in [-0.39, 0.29) is 5.91 Å². The van der Waals surface area contributed by atoms with E-state index in [9.17, 15) is 4.79 Å². The minimum absolute atomic E-state index is 0.115. The third-order valence-electron chi connectivity index (χ3n) is 3.17. The third kappa shape index (κ3) is 3.33. The Bertz CT molecular complexity index is 451. The first-order chi connectivity index (χ1) is 8.58. The molecule has 0 N–H and O–H groups in total. The van der Waals surface area contributed by atoms with E-state index in [0.717, 1.165) is 47.1 Å². The maximum absolute atomic E-state index is 12.5. The Labute approximate surface area is 124 Å². The highest BCUT2D eigenvalue weighted by atomic mass is 79.9. The average molecular weight is 376 g/mol. The van der Waals surface area contributed by atoms with Crippen LogP contribution in [0, 0.1) is 0 Å². The Morgan fingerprint density at radius 3 is 2.67 bits per heavy atom. The van der Waals surface area contributed by atoms with Gasteiger partial charge in [-0.25, -0.2) is 0 Å². The van der Waals surface area contributed by atoms with Gasteiger partial charge in [0.25, 0.3) is 5.91 Å². The molecule has 0 spiro atoms. The second-order valence-corrected chi connectivity index (χ2v) is 6.34. The van der Waals surface area contributed by atoms with Gasteiger partial charge in [-0.3, -0.25) is 4.79 Å². The number of likely N-dealkylation sites (N-methyl/N-ethyl adjacent to an activating group) is 1. The van der Waals surface area contributed by atoms with Gasteiger partial charge in [0.15, 0.2) is 0 Å². The molecule has 2 rings (SSSR count). The molecule has 0 radical (unpaired) electrons. The second kappa shape index (κ2) is 6.17. The van der Waals surface area contributed by atoms with Crippen LogP contribution in [0.3, 0.4) is 0 Å². The monoisotopic (exact) mass is 374 g/mol. The molecule has 0 bridgehead atoms. The molecule has 1 saturated heterocycles. The molecule has 18 heavy (non-hydrogen) atoms. The first-order valence-corrected chi connectivity index (χ1v) is 7.59. The number of carbonyl (C=O) groups excluding carboxylic acids is 1. The van der Waals surface area contributed by atoms with Crippen LogP contribution in [-0.4, -0.2) is 48.9 Å². The molecule has 0 saturated carbocycles.